The molecule has 3 rings (SSSR count). The van der Waals surface area contributed by atoms with Gasteiger partial charge in [0, 0.05) is 17.2 Å². The number of hydrogen-bond donors (Lipinski definition) is 2. The highest BCUT2D eigenvalue weighted by Crippen LogP contribution is 2.19. The largest absolute Gasteiger partial charge is 0.462 e. The maximum Gasteiger partial charge on any atom is 0.338 e. The molecule has 0 saturated carbocycles. The molecule has 2 N–H and O–H groups in total. The van der Waals surface area contributed by atoms with Gasteiger partial charge in [0.25, 0.3) is 10.0 Å². The normalized spacial score (nSPS) is 12.1. The van der Waals surface area contributed by atoms with Crippen molar-refractivity contribution in [1.29, 1.82) is 0 Å². The zero-order valence-electron chi connectivity index (χ0n) is 21.9. The summed E-state index contributed by atoms with van der Waals surface area (Å²) in [6.07, 6.45) is 0.580. The van der Waals surface area contributed by atoms with Gasteiger partial charge in [-0.05, 0) is 49.2 Å². The van der Waals surface area contributed by atoms with Crippen LogP contribution in [0.4, 0.5) is 0 Å². The van der Waals surface area contributed by atoms with E-state index in [1.807, 2.05) is 37.3 Å². The summed E-state index contributed by atoms with van der Waals surface area (Å²) in [5.74, 6) is -0.786. The number of hydrazine groups is 1. The average molecular weight is 556 g/mol. The van der Waals surface area contributed by atoms with Gasteiger partial charge in [0.2, 0.25) is 0 Å². The molecule has 0 spiro atoms. The van der Waals surface area contributed by atoms with Gasteiger partial charge in [0.05, 0.1) is 23.6 Å². The Balaban J connectivity index is 1.68. The van der Waals surface area contributed by atoms with Gasteiger partial charge >= 0.3 is 11.9 Å². The first-order chi connectivity index (χ1) is 18.8. The number of nitrogens with one attached hydrogen (secondary N) is 2. The Bertz CT molecular complexity index is 1310. The average Bonchev–Trinajstić information content (AvgIpc) is 2.96. The van der Waals surface area contributed by atoms with E-state index in [0.29, 0.717) is 11.0 Å². The number of ether oxygens (including phenoxy) is 2. The molecule has 11 heteroatoms. The van der Waals surface area contributed by atoms with Gasteiger partial charge in [-0.3, -0.25) is 4.79 Å². The molecular formula is C28H33N3O7S. The van der Waals surface area contributed by atoms with Gasteiger partial charge in [0.15, 0.2) is 5.75 Å². The Kier molecular flexibility index (Phi) is 11.4. The summed E-state index contributed by atoms with van der Waals surface area (Å²) in [6.45, 7) is 3.93. The standard InChI is InChI=1S/C28H33N3O7S/c1-3-24(29-20-27(32)37-21-22-12-7-5-8-13-22)19-30-31(38-25-15-9-6-10-16-25)39(34,35)26-17-11-14-23(18-26)28(33)36-4-2/h5-18,24,29-30H,3-4,19-21H2,1-2H3. The van der Waals surface area contributed by atoms with Crippen molar-refractivity contribution in [3.05, 3.63) is 96.1 Å². The summed E-state index contributed by atoms with van der Waals surface area (Å²) < 4.78 is 38.0. The van der Waals surface area contributed by atoms with Crippen molar-refractivity contribution in [2.75, 3.05) is 19.7 Å². The molecule has 10 nitrogen and oxygen atoms in total. The van der Waals surface area contributed by atoms with E-state index in [0.717, 1.165) is 5.56 Å². The molecule has 39 heavy (non-hydrogen) atoms. The lowest BCUT2D eigenvalue weighted by Crippen LogP contribution is -2.51. The van der Waals surface area contributed by atoms with Crippen LogP contribution in [0.15, 0.2) is 89.8 Å². The fourth-order valence-corrected chi connectivity index (χ4v) is 4.55. The van der Waals surface area contributed by atoms with Crippen LogP contribution < -0.4 is 15.6 Å². The molecule has 0 saturated heterocycles. The van der Waals surface area contributed by atoms with Crippen LogP contribution in [0, 0.1) is 0 Å². The fourth-order valence-electron chi connectivity index (χ4n) is 3.40. The maximum atomic E-state index is 13.5. The molecule has 0 bridgehead atoms. The van der Waals surface area contributed by atoms with Crippen LogP contribution in [0.1, 0.15) is 36.2 Å². The van der Waals surface area contributed by atoms with Crippen molar-refractivity contribution in [2.45, 2.75) is 37.8 Å². The van der Waals surface area contributed by atoms with Gasteiger partial charge < -0.3 is 19.6 Å². The Morgan fingerprint density at radius 1 is 0.897 bits per heavy atom. The van der Waals surface area contributed by atoms with Crippen LogP contribution in [0.5, 0.6) is 5.75 Å². The number of carbonyl (C=O) groups is 2. The minimum atomic E-state index is -4.27. The lowest BCUT2D eigenvalue weighted by molar-refractivity contribution is -0.144. The van der Waals surface area contributed by atoms with Crippen molar-refractivity contribution < 1.29 is 32.3 Å². The lowest BCUT2D eigenvalue weighted by Gasteiger charge is -2.25. The monoisotopic (exact) mass is 555 g/mol. The number of rotatable bonds is 15. The third-order valence-corrected chi connectivity index (χ3v) is 7.02. The molecule has 208 valence electrons. The highest BCUT2D eigenvalue weighted by atomic mass is 32.2. The first kappa shape index (κ1) is 29.8. The third kappa shape index (κ3) is 9.18. The second-order valence-corrected chi connectivity index (χ2v) is 10.1. The van der Waals surface area contributed by atoms with Crippen LogP contribution in [-0.2, 0) is 30.9 Å². The molecule has 0 fully saturated rings. The topological polar surface area (TPSA) is 123 Å². The summed E-state index contributed by atoms with van der Waals surface area (Å²) in [4.78, 5) is 29.9. The first-order valence-corrected chi connectivity index (χ1v) is 14.0. The van der Waals surface area contributed by atoms with Gasteiger partial charge in [-0.2, -0.15) is 0 Å². The molecule has 0 aliphatic heterocycles. The number of benzene rings is 3. The van der Waals surface area contributed by atoms with Crippen LogP contribution in [0.25, 0.3) is 0 Å². The van der Waals surface area contributed by atoms with Gasteiger partial charge in [-0.15, -0.1) is 0 Å². The van der Waals surface area contributed by atoms with Crippen LogP contribution in [0.3, 0.4) is 0 Å². The second-order valence-electron chi connectivity index (χ2n) is 8.38. The van der Waals surface area contributed by atoms with Crippen molar-refractivity contribution in [2.24, 2.45) is 0 Å². The van der Waals surface area contributed by atoms with E-state index in [1.54, 1.807) is 37.3 Å². The van der Waals surface area contributed by atoms with Crippen molar-refractivity contribution in [1.82, 2.24) is 15.3 Å². The Morgan fingerprint density at radius 3 is 2.26 bits per heavy atom. The van der Waals surface area contributed by atoms with Crippen molar-refractivity contribution >= 4 is 22.0 Å². The van der Waals surface area contributed by atoms with E-state index < -0.39 is 22.0 Å². The fraction of sp³-hybridized carbons (Fsp3) is 0.286. The Labute approximate surface area is 228 Å². The third-order valence-electron chi connectivity index (χ3n) is 5.53. The van der Waals surface area contributed by atoms with Gasteiger partial charge in [0.1, 0.15) is 6.61 Å². The predicted octanol–water partition coefficient (Wildman–Crippen LogP) is 3.46. The smallest absolute Gasteiger partial charge is 0.338 e. The zero-order valence-corrected chi connectivity index (χ0v) is 22.7. The number of nitrogens with zero attached hydrogens (tertiary/aromatic N) is 1. The van der Waals surface area contributed by atoms with Gasteiger partial charge in [-0.25, -0.2) is 18.6 Å². The Morgan fingerprint density at radius 2 is 1.59 bits per heavy atom. The molecule has 0 aliphatic rings. The molecule has 0 heterocycles. The molecular weight excluding hydrogens is 522 g/mol. The van der Waals surface area contributed by atoms with Crippen molar-refractivity contribution in [3.8, 4) is 5.75 Å². The summed E-state index contributed by atoms with van der Waals surface area (Å²) in [5.41, 5.74) is 3.78. The summed E-state index contributed by atoms with van der Waals surface area (Å²) >= 11 is 0. The molecule has 0 aromatic heterocycles. The molecule has 0 aliphatic carbocycles. The number of hydrogen-bond acceptors (Lipinski definition) is 9. The lowest BCUT2D eigenvalue weighted by atomic mass is 10.2. The van der Waals surface area contributed by atoms with E-state index in [9.17, 15) is 18.0 Å². The second kappa shape index (κ2) is 15.0. The summed E-state index contributed by atoms with van der Waals surface area (Å²) in [7, 11) is -4.27. The maximum absolute atomic E-state index is 13.5. The number of sulfonamides is 1. The van der Waals surface area contributed by atoms with Crippen LogP contribution >= 0.6 is 0 Å². The molecule has 3 aromatic rings. The number of carbonyl (C=O) groups excluding carboxylic acids is 2. The predicted molar refractivity (Wildman–Crippen MR) is 145 cm³/mol. The SMILES string of the molecule is CCOC(=O)c1cccc(S(=O)(=O)N(NCC(CC)NCC(=O)OCc2ccccc2)Oc2ccccc2)c1. The quantitative estimate of drug-likeness (QED) is 0.214. The van der Waals surface area contributed by atoms with E-state index in [-0.39, 0.29) is 48.6 Å². The minimum Gasteiger partial charge on any atom is -0.462 e. The highest BCUT2D eigenvalue weighted by molar-refractivity contribution is 7.89. The highest BCUT2D eigenvalue weighted by Gasteiger charge is 2.29. The summed E-state index contributed by atoms with van der Waals surface area (Å²) in [5, 5.41) is 3.08. The zero-order chi connectivity index (χ0) is 28.1. The Hall–Kier alpha value is -3.77. The molecule has 0 amide bonds. The molecule has 3 aromatic carbocycles. The molecule has 0 radical (unpaired) electrons. The number of para-hydroxylation sites is 1. The number of esters is 2. The van der Waals surface area contributed by atoms with E-state index in [4.69, 9.17) is 14.3 Å². The minimum absolute atomic E-state index is 0.0547. The van der Waals surface area contributed by atoms with E-state index >= 15 is 0 Å². The van der Waals surface area contributed by atoms with Crippen molar-refractivity contribution in [3.63, 3.8) is 0 Å². The molecule has 1 atom stereocenters. The van der Waals surface area contributed by atoms with Gasteiger partial charge in [-0.1, -0.05) is 61.5 Å². The first-order valence-electron chi connectivity index (χ1n) is 12.6. The van der Waals surface area contributed by atoms with E-state index in [1.165, 1.54) is 24.3 Å². The van der Waals surface area contributed by atoms with E-state index in [2.05, 4.69) is 10.7 Å². The summed E-state index contributed by atoms with van der Waals surface area (Å²) in [6, 6.07) is 23.0. The van der Waals surface area contributed by atoms with Crippen LogP contribution in [-0.4, -0.2) is 50.7 Å². The molecule has 1 unspecified atom stereocenters. The van der Waals surface area contributed by atoms with Crippen LogP contribution in [0.2, 0.25) is 0 Å².